The molecule has 0 fully saturated rings. The van der Waals surface area contributed by atoms with Crippen molar-refractivity contribution in [2.24, 2.45) is 0 Å². The van der Waals surface area contributed by atoms with Crippen molar-refractivity contribution >= 4 is 76.2 Å². The Morgan fingerprint density at radius 1 is 1.17 bits per heavy atom. The summed E-state index contributed by atoms with van der Waals surface area (Å²) in [6, 6.07) is 10.3. The van der Waals surface area contributed by atoms with Crippen molar-refractivity contribution in [3.8, 4) is 0 Å². The third kappa shape index (κ3) is 2.29. The zero-order valence-electron chi connectivity index (χ0n) is 8.99. The second-order valence-corrected chi connectivity index (χ2v) is 8.21. The Labute approximate surface area is 135 Å². The van der Waals surface area contributed by atoms with Crippen molar-refractivity contribution in [1.29, 1.82) is 0 Å². The lowest BCUT2D eigenvalue weighted by atomic mass is 10.1. The first-order valence-corrected chi connectivity index (χ1v) is 9.00. The molecule has 2 aromatic heterocycles. The van der Waals surface area contributed by atoms with Gasteiger partial charge in [-0.2, -0.15) is 0 Å². The second kappa shape index (κ2) is 5.25. The predicted molar refractivity (Wildman–Crippen MR) is 89.6 cm³/mol. The minimum Gasteiger partial charge on any atom is -0.142 e. The number of rotatable bonds is 2. The molecule has 92 valence electrons. The van der Waals surface area contributed by atoms with E-state index in [0.29, 0.717) is 0 Å². The van der Waals surface area contributed by atoms with Gasteiger partial charge in [0.15, 0.2) is 0 Å². The maximum atomic E-state index is 6.00. The van der Waals surface area contributed by atoms with Gasteiger partial charge >= 0.3 is 0 Å². The Bertz CT molecular complexity index is 702. The Balaban J connectivity index is 2.12. The summed E-state index contributed by atoms with van der Waals surface area (Å²) in [7, 11) is 0. The van der Waals surface area contributed by atoms with Gasteiger partial charge in [0.05, 0.1) is 9.16 Å². The molecule has 3 rings (SSSR count). The molecule has 1 atom stereocenters. The highest BCUT2D eigenvalue weighted by atomic mass is 79.9. The third-order valence-electron chi connectivity index (χ3n) is 2.70. The molecule has 0 aliphatic rings. The summed E-state index contributed by atoms with van der Waals surface area (Å²) in [5.74, 6) is 0. The highest BCUT2D eigenvalue weighted by Gasteiger charge is 2.17. The van der Waals surface area contributed by atoms with E-state index < -0.39 is 0 Å². The van der Waals surface area contributed by atoms with Crippen LogP contribution in [0.25, 0.3) is 10.1 Å². The minimum atomic E-state index is 0.207. The smallest absolute Gasteiger partial charge is 0.0931 e. The number of hydrogen-bond donors (Lipinski definition) is 0. The Hall–Kier alpha value is 0.130. The summed E-state index contributed by atoms with van der Waals surface area (Å²) in [5, 5.41) is 3.50. The van der Waals surface area contributed by atoms with Crippen LogP contribution >= 0.6 is 66.1 Å². The number of benzene rings is 1. The lowest BCUT2D eigenvalue weighted by molar-refractivity contribution is 1.27. The summed E-state index contributed by atoms with van der Waals surface area (Å²) in [6.07, 6.45) is 0. The lowest BCUT2D eigenvalue weighted by Crippen LogP contribution is -1.87. The first kappa shape index (κ1) is 13.1. The molecule has 0 spiro atoms. The van der Waals surface area contributed by atoms with Crippen LogP contribution in [0.15, 0.2) is 40.2 Å². The van der Waals surface area contributed by atoms with Crippen LogP contribution < -0.4 is 0 Å². The second-order valence-electron chi connectivity index (χ2n) is 3.81. The zero-order chi connectivity index (χ0) is 12.7. The molecule has 3 aromatic rings. The largest absolute Gasteiger partial charge is 0.142 e. The summed E-state index contributed by atoms with van der Waals surface area (Å²) in [6.45, 7) is 0. The average molecular weight is 423 g/mol. The molecule has 0 saturated heterocycles. The summed E-state index contributed by atoms with van der Waals surface area (Å²) < 4.78 is 3.27. The monoisotopic (exact) mass is 420 g/mol. The van der Waals surface area contributed by atoms with E-state index in [0.717, 1.165) is 8.81 Å². The Morgan fingerprint density at radius 3 is 2.72 bits per heavy atom. The molecule has 18 heavy (non-hydrogen) atoms. The molecule has 0 radical (unpaired) electrons. The lowest BCUT2D eigenvalue weighted by Gasteiger charge is -2.06. The van der Waals surface area contributed by atoms with E-state index in [-0.39, 0.29) is 4.83 Å². The SMILES string of the molecule is Clc1ccc(C(Br)c2csc3c(Br)cccc23)s1. The van der Waals surface area contributed by atoms with Crippen LogP contribution in [-0.2, 0) is 0 Å². The molecule has 0 bridgehead atoms. The van der Waals surface area contributed by atoms with E-state index >= 15 is 0 Å². The molecule has 1 unspecified atom stereocenters. The molecular weight excluding hydrogens is 416 g/mol. The van der Waals surface area contributed by atoms with E-state index in [1.54, 1.807) is 22.7 Å². The molecule has 0 aliphatic heterocycles. The quantitative estimate of drug-likeness (QED) is 0.396. The van der Waals surface area contributed by atoms with Crippen LogP contribution in [0.1, 0.15) is 15.3 Å². The maximum absolute atomic E-state index is 6.00. The first-order valence-electron chi connectivity index (χ1n) is 5.21. The van der Waals surface area contributed by atoms with Crippen molar-refractivity contribution in [3.05, 3.63) is 55.0 Å². The fourth-order valence-electron chi connectivity index (χ4n) is 1.86. The van der Waals surface area contributed by atoms with Crippen molar-refractivity contribution in [2.75, 3.05) is 0 Å². The highest BCUT2D eigenvalue weighted by Crippen LogP contribution is 2.43. The van der Waals surface area contributed by atoms with E-state index in [4.69, 9.17) is 11.6 Å². The molecule has 0 saturated carbocycles. The van der Waals surface area contributed by atoms with Gasteiger partial charge in [0.1, 0.15) is 0 Å². The van der Waals surface area contributed by atoms with Gasteiger partial charge in [0.2, 0.25) is 0 Å². The molecule has 5 heteroatoms. The third-order valence-corrected chi connectivity index (χ3v) is 7.25. The number of hydrogen-bond acceptors (Lipinski definition) is 2. The van der Waals surface area contributed by atoms with Crippen molar-refractivity contribution in [1.82, 2.24) is 0 Å². The van der Waals surface area contributed by atoms with Gasteiger partial charge in [-0.25, -0.2) is 0 Å². The van der Waals surface area contributed by atoms with E-state index in [9.17, 15) is 0 Å². The number of thiophene rings is 2. The van der Waals surface area contributed by atoms with Gasteiger partial charge in [0, 0.05) is 14.0 Å². The summed E-state index contributed by atoms with van der Waals surface area (Å²) in [5.41, 5.74) is 1.30. The normalized spacial score (nSPS) is 13.1. The van der Waals surface area contributed by atoms with E-state index in [2.05, 4.69) is 61.5 Å². The molecule has 0 N–H and O–H groups in total. The van der Waals surface area contributed by atoms with Crippen LogP contribution in [0.3, 0.4) is 0 Å². The average Bonchev–Trinajstić information content (AvgIpc) is 2.95. The van der Waals surface area contributed by atoms with E-state index in [1.807, 2.05) is 6.07 Å². The van der Waals surface area contributed by atoms with Crippen molar-refractivity contribution in [3.63, 3.8) is 0 Å². The standard InChI is InChI=1S/C13H7Br2ClS2/c14-9-3-1-2-7-8(6-17-13(7)9)12(15)10-4-5-11(16)18-10/h1-6,12H. The van der Waals surface area contributed by atoms with Crippen LogP contribution in [0.2, 0.25) is 4.34 Å². The van der Waals surface area contributed by atoms with Gasteiger partial charge in [-0.05, 0) is 50.5 Å². The molecule has 1 aromatic carbocycles. The zero-order valence-corrected chi connectivity index (χ0v) is 14.6. The topological polar surface area (TPSA) is 0 Å². The fraction of sp³-hybridized carbons (Fsp3) is 0.0769. The highest BCUT2D eigenvalue weighted by molar-refractivity contribution is 9.10. The van der Waals surface area contributed by atoms with Crippen molar-refractivity contribution < 1.29 is 0 Å². The van der Waals surface area contributed by atoms with Crippen molar-refractivity contribution in [2.45, 2.75) is 4.83 Å². The number of halogens is 3. The predicted octanol–water partition coefficient (Wildman–Crippen LogP) is 6.86. The molecule has 0 nitrogen and oxygen atoms in total. The maximum Gasteiger partial charge on any atom is 0.0931 e. The molecule has 2 heterocycles. The van der Waals surface area contributed by atoms with Crippen LogP contribution in [0.5, 0.6) is 0 Å². The van der Waals surface area contributed by atoms with Crippen LogP contribution in [0, 0.1) is 0 Å². The first-order chi connectivity index (χ1) is 8.66. The summed E-state index contributed by atoms with van der Waals surface area (Å²) in [4.78, 5) is 1.44. The Morgan fingerprint density at radius 2 is 2.00 bits per heavy atom. The molecule has 0 aliphatic carbocycles. The Kier molecular flexibility index (Phi) is 3.83. The van der Waals surface area contributed by atoms with Crippen LogP contribution in [0.4, 0.5) is 0 Å². The number of alkyl halides is 1. The summed E-state index contributed by atoms with van der Waals surface area (Å²) >= 11 is 16.8. The molecular formula is C13H7Br2ClS2. The van der Waals surface area contributed by atoms with Gasteiger partial charge in [-0.15, -0.1) is 22.7 Å². The minimum absolute atomic E-state index is 0.207. The van der Waals surface area contributed by atoms with Gasteiger partial charge in [-0.1, -0.05) is 39.7 Å². The fourth-order valence-corrected chi connectivity index (χ4v) is 5.55. The van der Waals surface area contributed by atoms with Crippen LogP contribution in [-0.4, -0.2) is 0 Å². The van der Waals surface area contributed by atoms with Gasteiger partial charge < -0.3 is 0 Å². The van der Waals surface area contributed by atoms with Gasteiger partial charge in [0.25, 0.3) is 0 Å². The van der Waals surface area contributed by atoms with E-state index in [1.165, 1.54) is 20.5 Å². The number of fused-ring (bicyclic) bond motifs is 1. The molecule has 0 amide bonds. The van der Waals surface area contributed by atoms with Gasteiger partial charge in [-0.3, -0.25) is 0 Å².